The molecule has 0 bridgehead atoms. The van der Waals surface area contributed by atoms with E-state index >= 15 is 4.39 Å². The van der Waals surface area contributed by atoms with Gasteiger partial charge in [0.25, 0.3) is 0 Å². The lowest BCUT2D eigenvalue weighted by Crippen LogP contribution is -2.03. The Morgan fingerprint density at radius 1 is 1.26 bits per heavy atom. The molecular formula is C21H15BrClF2N3O2S. The lowest BCUT2D eigenvalue weighted by Gasteiger charge is -2.07. The summed E-state index contributed by atoms with van der Waals surface area (Å²) in [4.78, 5) is 11.8. The number of carboxylic acids is 1. The fraction of sp³-hybridized carbons (Fsp3) is 0.143. The minimum Gasteiger partial charge on any atom is -0.481 e. The first-order valence-corrected chi connectivity index (χ1v) is 11.2. The van der Waals surface area contributed by atoms with E-state index in [4.69, 9.17) is 16.7 Å². The number of benzene rings is 2. The second-order valence-electron chi connectivity index (χ2n) is 6.67. The zero-order chi connectivity index (χ0) is 22.3. The minimum atomic E-state index is -1.12. The summed E-state index contributed by atoms with van der Waals surface area (Å²) in [5.74, 6) is -2.34. The molecular weight excluding hydrogens is 512 g/mol. The first kappa shape index (κ1) is 21.9. The van der Waals surface area contributed by atoms with E-state index in [2.05, 4.69) is 21.0 Å². The van der Waals surface area contributed by atoms with Crippen LogP contribution >= 0.6 is 39.3 Å². The van der Waals surface area contributed by atoms with E-state index in [1.54, 1.807) is 39.8 Å². The predicted molar refractivity (Wildman–Crippen MR) is 119 cm³/mol. The molecule has 4 rings (SSSR count). The summed E-state index contributed by atoms with van der Waals surface area (Å²) < 4.78 is 33.9. The summed E-state index contributed by atoms with van der Waals surface area (Å²) in [7, 11) is 0. The van der Waals surface area contributed by atoms with Crippen LogP contribution in [0.25, 0.3) is 16.6 Å². The average Bonchev–Trinajstić information content (AvgIpc) is 3.30. The number of halogens is 4. The van der Waals surface area contributed by atoms with Gasteiger partial charge in [-0.05, 0) is 41.1 Å². The fourth-order valence-electron chi connectivity index (χ4n) is 3.28. The number of hydrogen-bond donors (Lipinski definition) is 1. The van der Waals surface area contributed by atoms with Gasteiger partial charge < -0.3 is 5.11 Å². The molecule has 31 heavy (non-hydrogen) atoms. The van der Waals surface area contributed by atoms with Crippen molar-refractivity contribution in [2.75, 3.05) is 0 Å². The van der Waals surface area contributed by atoms with Crippen molar-refractivity contribution in [1.82, 2.24) is 14.3 Å². The van der Waals surface area contributed by atoms with Crippen LogP contribution in [0.2, 0.25) is 5.02 Å². The first-order chi connectivity index (χ1) is 14.8. The number of carboxylic acid groups (broad SMARTS) is 1. The Morgan fingerprint density at radius 2 is 2.03 bits per heavy atom. The van der Waals surface area contributed by atoms with Crippen molar-refractivity contribution in [2.45, 2.75) is 29.7 Å². The quantitative estimate of drug-likeness (QED) is 0.319. The second kappa shape index (κ2) is 8.64. The van der Waals surface area contributed by atoms with Crippen molar-refractivity contribution in [3.8, 4) is 5.69 Å². The Hall–Kier alpha value is -2.36. The van der Waals surface area contributed by atoms with Gasteiger partial charge in [0.1, 0.15) is 10.4 Å². The van der Waals surface area contributed by atoms with Crippen LogP contribution in [-0.4, -0.2) is 25.4 Å². The maximum Gasteiger partial charge on any atom is 0.307 e. The van der Waals surface area contributed by atoms with Crippen LogP contribution in [0.1, 0.15) is 12.5 Å². The normalized spacial score (nSPS) is 11.4. The average molecular weight is 527 g/mol. The number of fused-ring (bicyclic) bond motifs is 1. The standard InChI is InChI=1S/C21H15BrClF2N3O2S/c1-2-27-10-12(9-26-27)28-19-13(6-7-14(23)18(19)25)20(21(28)22)31-15-5-3-4-11(17(15)24)8-16(29)30/h3-7,9-10H,2,8H2,1H3,(H,29,30). The Bertz CT molecular complexity index is 1320. The van der Waals surface area contributed by atoms with E-state index in [0.717, 1.165) is 11.8 Å². The monoisotopic (exact) mass is 525 g/mol. The van der Waals surface area contributed by atoms with Crippen molar-refractivity contribution in [1.29, 1.82) is 0 Å². The zero-order valence-electron chi connectivity index (χ0n) is 16.1. The van der Waals surface area contributed by atoms with Gasteiger partial charge in [0, 0.05) is 28.6 Å². The molecule has 2 aromatic carbocycles. The lowest BCUT2D eigenvalue weighted by molar-refractivity contribution is -0.136. The van der Waals surface area contributed by atoms with Crippen molar-refractivity contribution in [2.24, 2.45) is 0 Å². The number of nitrogens with zero attached hydrogens (tertiary/aromatic N) is 3. The molecule has 0 radical (unpaired) electrons. The van der Waals surface area contributed by atoms with Crippen molar-refractivity contribution in [3.05, 3.63) is 69.5 Å². The SMILES string of the molecule is CCn1cc(-n2c(Br)c(Sc3cccc(CC(=O)O)c3F)c3ccc(Cl)c(F)c32)cn1. The van der Waals surface area contributed by atoms with E-state index < -0.39 is 24.0 Å². The second-order valence-corrected chi connectivity index (χ2v) is 8.88. The Labute approximate surface area is 193 Å². The molecule has 2 aromatic heterocycles. The lowest BCUT2D eigenvalue weighted by atomic mass is 10.1. The molecule has 0 aliphatic rings. The van der Waals surface area contributed by atoms with Crippen LogP contribution in [0.15, 0.2) is 57.1 Å². The van der Waals surface area contributed by atoms with Crippen LogP contribution in [0.4, 0.5) is 8.78 Å². The van der Waals surface area contributed by atoms with Crippen molar-refractivity contribution in [3.63, 3.8) is 0 Å². The summed E-state index contributed by atoms with van der Waals surface area (Å²) in [6.07, 6.45) is 2.95. The number of carbonyl (C=O) groups is 1. The summed E-state index contributed by atoms with van der Waals surface area (Å²) in [5, 5.41) is 13.8. The molecule has 0 aliphatic heterocycles. The highest BCUT2D eigenvalue weighted by Crippen LogP contribution is 2.45. The zero-order valence-corrected chi connectivity index (χ0v) is 19.2. The van der Waals surface area contributed by atoms with Gasteiger partial charge >= 0.3 is 5.97 Å². The van der Waals surface area contributed by atoms with E-state index in [1.165, 1.54) is 12.1 Å². The van der Waals surface area contributed by atoms with Gasteiger partial charge in [0.05, 0.1) is 33.7 Å². The fourth-order valence-corrected chi connectivity index (χ4v) is 5.31. The third-order valence-electron chi connectivity index (χ3n) is 4.72. The summed E-state index contributed by atoms with van der Waals surface area (Å²) >= 11 is 10.7. The highest BCUT2D eigenvalue weighted by atomic mass is 79.9. The molecule has 0 atom stereocenters. The third kappa shape index (κ3) is 3.97. The van der Waals surface area contributed by atoms with Gasteiger partial charge in [0.2, 0.25) is 0 Å². The molecule has 0 aliphatic carbocycles. The topological polar surface area (TPSA) is 60.0 Å². The molecule has 2 heterocycles. The number of aliphatic carboxylic acids is 1. The Morgan fingerprint density at radius 3 is 2.71 bits per heavy atom. The molecule has 1 N–H and O–H groups in total. The number of aryl methyl sites for hydroxylation is 1. The molecule has 4 aromatic rings. The summed E-state index contributed by atoms with van der Waals surface area (Å²) in [6, 6.07) is 7.71. The van der Waals surface area contributed by atoms with Crippen LogP contribution < -0.4 is 0 Å². The van der Waals surface area contributed by atoms with E-state index in [1.807, 2.05) is 6.92 Å². The van der Waals surface area contributed by atoms with Gasteiger partial charge in [-0.25, -0.2) is 8.78 Å². The molecule has 0 unspecified atom stereocenters. The van der Waals surface area contributed by atoms with Crippen LogP contribution in [-0.2, 0) is 17.8 Å². The molecule has 0 amide bonds. The number of rotatable bonds is 6. The Balaban J connectivity index is 1.91. The first-order valence-electron chi connectivity index (χ1n) is 9.19. The molecule has 0 saturated carbocycles. The van der Waals surface area contributed by atoms with Gasteiger partial charge in [-0.15, -0.1) is 0 Å². The van der Waals surface area contributed by atoms with E-state index in [-0.39, 0.29) is 21.0 Å². The van der Waals surface area contributed by atoms with E-state index in [0.29, 0.717) is 27.1 Å². The van der Waals surface area contributed by atoms with Gasteiger partial charge in [0.15, 0.2) is 5.82 Å². The third-order valence-corrected chi connectivity index (χ3v) is 7.18. The molecule has 0 saturated heterocycles. The smallest absolute Gasteiger partial charge is 0.307 e. The number of aromatic nitrogens is 3. The van der Waals surface area contributed by atoms with Crippen LogP contribution in [0, 0.1) is 11.6 Å². The van der Waals surface area contributed by atoms with Crippen LogP contribution in [0.3, 0.4) is 0 Å². The molecule has 0 fully saturated rings. The van der Waals surface area contributed by atoms with E-state index in [9.17, 15) is 9.18 Å². The molecule has 0 spiro atoms. The predicted octanol–water partition coefficient (Wildman–Crippen LogP) is 6.32. The van der Waals surface area contributed by atoms with Gasteiger partial charge in [-0.3, -0.25) is 14.0 Å². The molecule has 10 heteroatoms. The molecule has 5 nitrogen and oxygen atoms in total. The molecule has 160 valence electrons. The van der Waals surface area contributed by atoms with Crippen LogP contribution in [0.5, 0.6) is 0 Å². The summed E-state index contributed by atoms with van der Waals surface area (Å²) in [5.41, 5.74) is 0.933. The van der Waals surface area contributed by atoms with Gasteiger partial charge in [-0.2, -0.15) is 5.10 Å². The maximum atomic E-state index is 15.1. The Kier molecular flexibility index (Phi) is 6.09. The van der Waals surface area contributed by atoms with Crippen molar-refractivity contribution >= 4 is 56.2 Å². The highest BCUT2D eigenvalue weighted by molar-refractivity contribution is 9.10. The maximum absolute atomic E-state index is 15.1. The largest absolute Gasteiger partial charge is 0.481 e. The minimum absolute atomic E-state index is 0.0344. The van der Waals surface area contributed by atoms with Crippen molar-refractivity contribution < 1.29 is 18.7 Å². The summed E-state index contributed by atoms with van der Waals surface area (Å²) in [6.45, 7) is 2.58. The number of hydrogen-bond acceptors (Lipinski definition) is 3. The van der Waals surface area contributed by atoms with Gasteiger partial charge in [-0.1, -0.05) is 35.5 Å². The highest BCUT2D eigenvalue weighted by Gasteiger charge is 2.24.